The van der Waals surface area contributed by atoms with Crippen LogP contribution >= 0.6 is 27.5 Å². The van der Waals surface area contributed by atoms with Crippen molar-refractivity contribution in [3.63, 3.8) is 0 Å². The largest absolute Gasteiger partial charge is 0.232 e. The van der Waals surface area contributed by atoms with Gasteiger partial charge in [0.05, 0.1) is 16.4 Å². The minimum Gasteiger partial charge on any atom is -0.232 e. The van der Waals surface area contributed by atoms with Crippen molar-refractivity contribution in [1.82, 2.24) is 14.6 Å². The third-order valence-electron chi connectivity index (χ3n) is 4.56. The summed E-state index contributed by atoms with van der Waals surface area (Å²) in [5, 5.41) is 5.04. The third-order valence-corrected chi connectivity index (χ3v) is 5.50. The lowest BCUT2D eigenvalue weighted by atomic mass is 9.83. The van der Waals surface area contributed by atoms with Crippen LogP contribution in [-0.4, -0.2) is 14.6 Å². The summed E-state index contributed by atoms with van der Waals surface area (Å²) in [6.45, 7) is 0. The van der Waals surface area contributed by atoms with Gasteiger partial charge in [0.2, 0.25) is 0 Å². The monoisotopic (exact) mass is 325 g/mol. The van der Waals surface area contributed by atoms with Crippen LogP contribution < -0.4 is 0 Å². The number of aromatic nitrogens is 3. The SMILES string of the molecule is Clc1c2c(nc3c(Br)cnn13)C1(CCCC1)CC2. The molecule has 3 nitrogen and oxygen atoms in total. The van der Waals surface area contributed by atoms with Gasteiger partial charge in [-0.1, -0.05) is 24.4 Å². The first kappa shape index (κ1) is 11.2. The molecule has 1 saturated carbocycles. The number of hydrogen-bond donors (Lipinski definition) is 0. The van der Waals surface area contributed by atoms with Crippen LogP contribution in [0.25, 0.3) is 5.65 Å². The molecule has 0 unspecified atom stereocenters. The maximum atomic E-state index is 6.50. The molecule has 5 heteroatoms. The van der Waals surface area contributed by atoms with Crippen molar-refractivity contribution in [3.8, 4) is 0 Å². The zero-order chi connectivity index (χ0) is 12.3. The van der Waals surface area contributed by atoms with E-state index >= 15 is 0 Å². The Bertz CT molecular complexity index is 643. The van der Waals surface area contributed by atoms with Crippen molar-refractivity contribution in [2.75, 3.05) is 0 Å². The van der Waals surface area contributed by atoms with Crippen molar-refractivity contribution < 1.29 is 0 Å². The summed E-state index contributed by atoms with van der Waals surface area (Å²) in [6.07, 6.45) is 9.21. The summed E-state index contributed by atoms with van der Waals surface area (Å²) in [7, 11) is 0. The second kappa shape index (κ2) is 3.70. The Morgan fingerprint density at radius 2 is 2.06 bits per heavy atom. The molecule has 0 aliphatic heterocycles. The molecule has 0 bridgehead atoms. The Morgan fingerprint density at radius 1 is 1.28 bits per heavy atom. The van der Waals surface area contributed by atoms with Crippen LogP contribution in [0.3, 0.4) is 0 Å². The van der Waals surface area contributed by atoms with E-state index in [1.807, 2.05) is 0 Å². The lowest BCUT2D eigenvalue weighted by molar-refractivity contribution is 0.429. The number of rotatable bonds is 0. The molecule has 94 valence electrons. The molecule has 2 heterocycles. The van der Waals surface area contributed by atoms with Crippen molar-refractivity contribution in [2.45, 2.75) is 43.9 Å². The average Bonchev–Trinajstić information content (AvgIpc) is 3.05. The quantitative estimate of drug-likeness (QED) is 0.687. The van der Waals surface area contributed by atoms with Gasteiger partial charge in [-0.05, 0) is 41.6 Å². The van der Waals surface area contributed by atoms with E-state index in [-0.39, 0.29) is 0 Å². The Morgan fingerprint density at radius 3 is 2.83 bits per heavy atom. The lowest BCUT2D eigenvalue weighted by Crippen LogP contribution is -2.20. The van der Waals surface area contributed by atoms with Gasteiger partial charge in [-0.2, -0.15) is 5.10 Å². The summed E-state index contributed by atoms with van der Waals surface area (Å²) >= 11 is 10.0. The number of halogens is 2. The molecule has 0 atom stereocenters. The van der Waals surface area contributed by atoms with Gasteiger partial charge in [0.15, 0.2) is 5.65 Å². The van der Waals surface area contributed by atoms with Gasteiger partial charge in [0, 0.05) is 11.0 Å². The number of nitrogens with zero attached hydrogens (tertiary/aromatic N) is 3. The molecular weight excluding hydrogens is 314 g/mol. The fourth-order valence-electron chi connectivity index (χ4n) is 3.65. The molecule has 0 radical (unpaired) electrons. The van der Waals surface area contributed by atoms with Gasteiger partial charge in [0.1, 0.15) is 5.15 Å². The van der Waals surface area contributed by atoms with Crippen molar-refractivity contribution in [3.05, 3.63) is 27.1 Å². The molecule has 0 aromatic carbocycles. The topological polar surface area (TPSA) is 30.2 Å². The lowest BCUT2D eigenvalue weighted by Gasteiger charge is -2.23. The first-order valence-electron chi connectivity index (χ1n) is 6.43. The summed E-state index contributed by atoms with van der Waals surface area (Å²) in [5.41, 5.74) is 3.64. The first-order valence-corrected chi connectivity index (χ1v) is 7.60. The third kappa shape index (κ3) is 1.31. The van der Waals surface area contributed by atoms with Gasteiger partial charge in [-0.3, -0.25) is 0 Å². The summed E-state index contributed by atoms with van der Waals surface area (Å²) < 4.78 is 2.67. The average molecular weight is 327 g/mol. The summed E-state index contributed by atoms with van der Waals surface area (Å²) in [4.78, 5) is 4.88. The van der Waals surface area contributed by atoms with E-state index in [0.29, 0.717) is 5.41 Å². The first-order chi connectivity index (χ1) is 8.71. The molecule has 1 fully saturated rings. The predicted molar refractivity (Wildman–Crippen MR) is 74.2 cm³/mol. The van der Waals surface area contributed by atoms with Crippen LogP contribution in [0.1, 0.15) is 43.4 Å². The highest BCUT2D eigenvalue weighted by Crippen LogP contribution is 2.50. The standard InChI is InChI=1S/C13H13BrClN3/c14-9-7-16-18-11(15)8-3-6-13(4-1-2-5-13)10(8)17-12(9)18/h7H,1-6H2. The molecule has 2 aliphatic rings. The molecule has 4 rings (SSSR count). The molecule has 2 aliphatic carbocycles. The minimum atomic E-state index is 0.310. The van der Waals surface area contributed by atoms with Crippen LogP contribution in [0.15, 0.2) is 10.7 Å². The maximum Gasteiger partial charge on any atom is 0.171 e. The van der Waals surface area contributed by atoms with E-state index in [4.69, 9.17) is 16.6 Å². The summed E-state index contributed by atoms with van der Waals surface area (Å²) in [6, 6.07) is 0. The van der Waals surface area contributed by atoms with Gasteiger partial charge >= 0.3 is 0 Å². The van der Waals surface area contributed by atoms with E-state index in [9.17, 15) is 0 Å². The number of fused-ring (bicyclic) bond motifs is 3. The Kier molecular flexibility index (Phi) is 2.31. The van der Waals surface area contributed by atoms with E-state index < -0.39 is 0 Å². The molecule has 2 aromatic heterocycles. The van der Waals surface area contributed by atoms with Crippen LogP contribution in [-0.2, 0) is 11.8 Å². The molecule has 0 N–H and O–H groups in total. The van der Waals surface area contributed by atoms with Crippen LogP contribution in [0.5, 0.6) is 0 Å². The smallest absolute Gasteiger partial charge is 0.171 e. The number of hydrogen-bond acceptors (Lipinski definition) is 2. The van der Waals surface area contributed by atoms with Gasteiger partial charge in [0.25, 0.3) is 0 Å². The fourth-order valence-corrected chi connectivity index (χ4v) is 4.30. The minimum absolute atomic E-state index is 0.310. The van der Waals surface area contributed by atoms with Gasteiger partial charge in [-0.15, -0.1) is 0 Å². The van der Waals surface area contributed by atoms with E-state index in [0.717, 1.165) is 21.7 Å². The van der Waals surface area contributed by atoms with Crippen LogP contribution in [0.2, 0.25) is 5.15 Å². The summed E-state index contributed by atoms with van der Waals surface area (Å²) in [5.74, 6) is 0. The zero-order valence-corrected chi connectivity index (χ0v) is 12.3. The highest BCUT2D eigenvalue weighted by Gasteiger charge is 2.43. The molecule has 2 aromatic rings. The fraction of sp³-hybridized carbons (Fsp3) is 0.538. The molecule has 18 heavy (non-hydrogen) atoms. The molecule has 0 amide bonds. The van der Waals surface area contributed by atoms with Gasteiger partial charge in [-0.25, -0.2) is 9.50 Å². The van der Waals surface area contributed by atoms with Crippen LogP contribution in [0.4, 0.5) is 0 Å². The van der Waals surface area contributed by atoms with Crippen molar-refractivity contribution in [1.29, 1.82) is 0 Å². The predicted octanol–water partition coefficient (Wildman–Crippen LogP) is 3.90. The highest BCUT2D eigenvalue weighted by molar-refractivity contribution is 9.10. The van der Waals surface area contributed by atoms with Crippen LogP contribution in [0, 0.1) is 0 Å². The highest BCUT2D eigenvalue weighted by atomic mass is 79.9. The zero-order valence-electron chi connectivity index (χ0n) is 9.92. The van der Waals surface area contributed by atoms with E-state index in [1.165, 1.54) is 43.4 Å². The Hall–Kier alpha value is -0.610. The van der Waals surface area contributed by atoms with Gasteiger partial charge < -0.3 is 0 Å². The van der Waals surface area contributed by atoms with E-state index in [2.05, 4.69) is 21.0 Å². The Labute approximate surface area is 119 Å². The maximum absolute atomic E-state index is 6.50. The van der Waals surface area contributed by atoms with Crippen molar-refractivity contribution >= 4 is 33.2 Å². The second-order valence-corrected chi connectivity index (χ2v) is 6.66. The van der Waals surface area contributed by atoms with E-state index in [1.54, 1.807) is 10.7 Å². The molecular formula is C13H13BrClN3. The molecule has 0 saturated heterocycles. The Balaban J connectivity index is 2.04. The van der Waals surface area contributed by atoms with Crippen molar-refractivity contribution in [2.24, 2.45) is 0 Å². The second-order valence-electron chi connectivity index (χ2n) is 5.45. The molecule has 1 spiro atoms. The normalized spacial score (nSPS) is 21.0.